The van der Waals surface area contributed by atoms with Crippen molar-refractivity contribution in [3.8, 4) is 23.7 Å². The van der Waals surface area contributed by atoms with E-state index < -0.39 is 27.4 Å². The van der Waals surface area contributed by atoms with Gasteiger partial charge in [-0.1, -0.05) is 35.8 Å². The Kier molecular flexibility index (Phi) is 17.2. The Morgan fingerprint density at radius 2 is 1.17 bits per heavy atom. The topological polar surface area (TPSA) is 183 Å². The van der Waals surface area contributed by atoms with Gasteiger partial charge >= 0.3 is 12.2 Å². The van der Waals surface area contributed by atoms with E-state index in [4.69, 9.17) is 13.7 Å². The number of carbonyl (C=O) groups is 2. The SMILES string of the molecule is CC(C)(C)OC(=O)N1CCCC1COS(C)(=O)=O.CC(C)(C)OC(=O)N1CCCC1Cn1cnc2cc(C#Cc3cccc(F)c3)ccc2c1=O.O=c1[nH]cnc2cc(C#Cc3cccc(F)c3)ccc12. The Morgan fingerprint density at radius 1 is 0.690 bits per heavy atom. The maximum atomic E-state index is 13.3. The molecule has 2 aliphatic rings. The Balaban J connectivity index is 0.000000187. The third-order valence-electron chi connectivity index (χ3n) is 10.7. The molecule has 2 aliphatic heterocycles. The molecule has 2 fully saturated rings. The number of hydrogen-bond acceptors (Lipinski definition) is 11. The predicted molar refractivity (Wildman–Crippen MR) is 266 cm³/mol. The molecule has 4 heterocycles. The van der Waals surface area contributed by atoms with Gasteiger partial charge in [-0.15, -0.1) is 0 Å². The molecule has 18 heteroatoms. The van der Waals surface area contributed by atoms with Crippen molar-refractivity contribution >= 4 is 44.1 Å². The molecule has 0 radical (unpaired) electrons. The van der Waals surface area contributed by atoms with Crippen molar-refractivity contribution in [3.05, 3.63) is 152 Å². The minimum absolute atomic E-state index is 0.00191. The van der Waals surface area contributed by atoms with Gasteiger partial charge in [-0.3, -0.25) is 18.3 Å². The van der Waals surface area contributed by atoms with Crippen LogP contribution in [-0.2, 0) is 30.3 Å². The maximum absolute atomic E-state index is 13.3. The molecule has 372 valence electrons. The number of aromatic nitrogens is 4. The van der Waals surface area contributed by atoms with Crippen molar-refractivity contribution in [1.29, 1.82) is 0 Å². The van der Waals surface area contributed by atoms with Crippen LogP contribution in [-0.4, -0.2) is 99.2 Å². The normalized spacial score (nSPS) is 15.6. The highest BCUT2D eigenvalue weighted by Gasteiger charge is 2.34. The fraction of sp³-hybridized carbons (Fsp3) is 0.358. The Bertz CT molecular complexity index is 3270. The highest BCUT2D eigenvalue weighted by atomic mass is 32.2. The number of rotatable bonds is 5. The lowest BCUT2D eigenvalue weighted by Crippen LogP contribution is -2.42. The molecule has 71 heavy (non-hydrogen) atoms. The highest BCUT2D eigenvalue weighted by Crippen LogP contribution is 2.23. The van der Waals surface area contributed by atoms with Crippen molar-refractivity contribution in [2.75, 3.05) is 26.0 Å². The average Bonchev–Trinajstić information content (AvgIpc) is 3.98. The van der Waals surface area contributed by atoms with Crippen molar-refractivity contribution in [1.82, 2.24) is 29.3 Å². The third kappa shape index (κ3) is 16.1. The molecule has 8 rings (SSSR count). The summed E-state index contributed by atoms with van der Waals surface area (Å²) < 4.78 is 65.3. The molecule has 2 atom stereocenters. The van der Waals surface area contributed by atoms with Crippen LogP contribution in [0.2, 0.25) is 0 Å². The molecule has 2 amide bonds. The smallest absolute Gasteiger partial charge is 0.410 e. The van der Waals surface area contributed by atoms with Crippen LogP contribution in [0.3, 0.4) is 0 Å². The summed E-state index contributed by atoms with van der Waals surface area (Å²) in [5, 5.41) is 0.999. The average molecular weight is 991 g/mol. The van der Waals surface area contributed by atoms with Crippen molar-refractivity contribution in [2.45, 2.75) is 97.1 Å². The van der Waals surface area contributed by atoms with Crippen LogP contribution in [0, 0.1) is 35.3 Å². The molecular weight excluding hydrogens is 935 g/mol. The molecule has 2 aromatic heterocycles. The predicted octanol–water partition coefficient (Wildman–Crippen LogP) is 8.16. The summed E-state index contributed by atoms with van der Waals surface area (Å²) in [6.07, 6.45) is 6.33. The van der Waals surface area contributed by atoms with E-state index in [1.807, 2.05) is 20.8 Å². The first-order chi connectivity index (χ1) is 33.5. The van der Waals surface area contributed by atoms with E-state index in [9.17, 15) is 36.4 Å². The van der Waals surface area contributed by atoms with Crippen LogP contribution in [0.4, 0.5) is 18.4 Å². The summed E-state index contributed by atoms with van der Waals surface area (Å²) in [7, 11) is -3.47. The number of nitrogens with zero attached hydrogens (tertiary/aromatic N) is 5. The van der Waals surface area contributed by atoms with Crippen molar-refractivity contribution < 1.29 is 40.4 Å². The van der Waals surface area contributed by atoms with E-state index >= 15 is 0 Å². The first kappa shape index (κ1) is 53.0. The second-order valence-corrected chi connectivity index (χ2v) is 20.5. The number of nitrogens with one attached hydrogen (secondary N) is 1. The number of hydrogen-bond donors (Lipinski definition) is 1. The zero-order chi connectivity index (χ0) is 51.5. The second-order valence-electron chi connectivity index (χ2n) is 18.8. The van der Waals surface area contributed by atoms with E-state index in [1.165, 1.54) is 41.8 Å². The van der Waals surface area contributed by atoms with Gasteiger partial charge in [0.1, 0.15) is 22.8 Å². The molecule has 0 aliphatic carbocycles. The number of H-pyrrole nitrogens is 1. The Morgan fingerprint density at radius 3 is 1.68 bits per heavy atom. The van der Waals surface area contributed by atoms with Gasteiger partial charge in [-0.05, 0) is 140 Å². The van der Waals surface area contributed by atoms with Gasteiger partial charge in [0.2, 0.25) is 0 Å². The summed E-state index contributed by atoms with van der Waals surface area (Å²) in [6.45, 7) is 12.4. The van der Waals surface area contributed by atoms with Crippen LogP contribution < -0.4 is 11.1 Å². The number of fused-ring (bicyclic) bond motifs is 2. The van der Waals surface area contributed by atoms with E-state index in [0.717, 1.165) is 37.5 Å². The standard InChI is InChI=1S/C26H26FN3O3.C16H9FN2O.C11H21NO5S/c1-26(2,3)33-25(32)30-13-5-8-21(30)16-29-17-28-23-15-19(11-12-22(23)24(29)31)10-9-18-6-4-7-20(27)14-18;17-13-3-1-2-11(8-13)4-5-12-6-7-14-15(9-12)18-10-19-16(14)20;1-11(2,3)17-10(13)12-7-5-6-9(12)8-16-18(4,14)15/h4,6-7,11-12,14-15,17,21H,5,8,13,16H2,1-3H3;1-3,6-10H,(H,18,19,20);9H,5-8H2,1-4H3. The molecular formula is C53H56F2N6O9S. The van der Waals surface area contributed by atoms with Gasteiger partial charge in [-0.2, -0.15) is 8.42 Å². The van der Waals surface area contributed by atoms with Gasteiger partial charge in [0.25, 0.3) is 21.2 Å². The minimum atomic E-state index is -3.47. The van der Waals surface area contributed by atoms with Gasteiger partial charge in [0.15, 0.2) is 0 Å². The maximum Gasteiger partial charge on any atom is 0.410 e. The van der Waals surface area contributed by atoms with E-state index in [2.05, 4.69) is 38.6 Å². The first-order valence-electron chi connectivity index (χ1n) is 22.9. The van der Waals surface area contributed by atoms with Crippen LogP contribution >= 0.6 is 0 Å². The summed E-state index contributed by atoms with van der Waals surface area (Å²) in [5.74, 6) is 11.1. The lowest BCUT2D eigenvalue weighted by atomic mass is 10.1. The molecule has 15 nitrogen and oxygen atoms in total. The lowest BCUT2D eigenvalue weighted by molar-refractivity contribution is 0.0186. The summed E-state index contributed by atoms with van der Waals surface area (Å²) in [6, 6.07) is 22.2. The monoisotopic (exact) mass is 990 g/mol. The van der Waals surface area contributed by atoms with Crippen LogP contribution in [0.25, 0.3) is 21.8 Å². The second kappa shape index (κ2) is 23.0. The number of ether oxygens (including phenoxy) is 2. The molecule has 1 N–H and O–H groups in total. The number of aromatic amines is 1. The minimum Gasteiger partial charge on any atom is -0.444 e. The summed E-state index contributed by atoms with van der Waals surface area (Å²) >= 11 is 0. The molecule has 2 saturated heterocycles. The fourth-order valence-electron chi connectivity index (χ4n) is 7.52. The number of likely N-dealkylation sites (tertiary alicyclic amines) is 2. The van der Waals surface area contributed by atoms with Gasteiger partial charge in [-0.25, -0.2) is 28.3 Å². The van der Waals surface area contributed by atoms with E-state index in [-0.39, 0.29) is 47.5 Å². The number of halogens is 2. The first-order valence-corrected chi connectivity index (χ1v) is 24.7. The third-order valence-corrected chi connectivity index (χ3v) is 11.3. The van der Waals surface area contributed by atoms with Gasteiger partial charge in [0.05, 0.1) is 59.4 Å². The zero-order valence-electron chi connectivity index (χ0n) is 40.6. The van der Waals surface area contributed by atoms with E-state index in [0.29, 0.717) is 58.1 Å². The molecule has 0 bridgehead atoms. The van der Waals surface area contributed by atoms with Crippen molar-refractivity contribution in [2.24, 2.45) is 0 Å². The number of benzene rings is 4. The Hall–Kier alpha value is -7.41. The largest absolute Gasteiger partial charge is 0.444 e. The Labute approximate surface area is 411 Å². The fourth-order valence-corrected chi connectivity index (χ4v) is 7.92. The van der Waals surface area contributed by atoms with Crippen LogP contribution in [0.5, 0.6) is 0 Å². The van der Waals surface area contributed by atoms with Gasteiger partial charge in [0, 0.05) is 41.9 Å². The molecule has 4 aromatic carbocycles. The summed E-state index contributed by atoms with van der Waals surface area (Å²) in [5.41, 5.74) is 2.23. The van der Waals surface area contributed by atoms with E-state index in [1.54, 1.807) is 90.9 Å². The number of amides is 2. The molecule has 0 spiro atoms. The van der Waals surface area contributed by atoms with Crippen molar-refractivity contribution in [3.63, 3.8) is 0 Å². The lowest BCUT2D eigenvalue weighted by Gasteiger charge is -2.28. The molecule has 6 aromatic rings. The zero-order valence-corrected chi connectivity index (χ0v) is 41.4. The van der Waals surface area contributed by atoms with Crippen LogP contribution in [0.15, 0.2) is 107 Å². The van der Waals surface area contributed by atoms with Gasteiger partial charge < -0.3 is 24.3 Å². The summed E-state index contributed by atoms with van der Waals surface area (Å²) in [4.78, 5) is 63.3. The highest BCUT2D eigenvalue weighted by molar-refractivity contribution is 7.86. The molecule has 0 saturated carbocycles. The molecule has 2 unspecified atom stereocenters. The van der Waals surface area contributed by atoms with Crippen LogP contribution in [0.1, 0.15) is 89.5 Å². The number of carbonyl (C=O) groups excluding carboxylic acids is 2. The quantitative estimate of drug-likeness (QED) is 0.130.